The van der Waals surface area contributed by atoms with Crippen molar-refractivity contribution in [1.29, 1.82) is 0 Å². The molecule has 3 fully saturated rings. The topological polar surface area (TPSA) is 9.72 Å². The van der Waals surface area contributed by atoms with E-state index in [4.69, 9.17) is 0 Å². The molecule has 122 valence electrons. The van der Waals surface area contributed by atoms with E-state index >= 15 is 0 Å². The molecule has 0 aromatic heterocycles. The predicted molar refractivity (Wildman–Crippen MR) is 89.6 cm³/mol. The molecule has 0 amide bonds. The van der Waals surface area contributed by atoms with Crippen LogP contribution in [0.1, 0.15) is 47.0 Å². The predicted octanol–water partition coefficient (Wildman–Crippen LogP) is 2.52. The van der Waals surface area contributed by atoms with Gasteiger partial charge < -0.3 is 9.80 Å². The average Bonchev–Trinajstić information content (AvgIpc) is 2.85. The van der Waals surface area contributed by atoms with Gasteiger partial charge in [-0.3, -0.25) is 4.90 Å². The van der Waals surface area contributed by atoms with E-state index in [0.717, 1.165) is 18.0 Å². The smallest absolute Gasteiger partial charge is 0.00541 e. The third-order valence-electron chi connectivity index (χ3n) is 6.29. The van der Waals surface area contributed by atoms with Crippen molar-refractivity contribution in [2.45, 2.75) is 59.0 Å². The zero-order valence-electron chi connectivity index (χ0n) is 14.6. The summed E-state index contributed by atoms with van der Waals surface area (Å²) in [4.78, 5) is 8.06. The summed E-state index contributed by atoms with van der Waals surface area (Å²) in [6, 6.07) is 1.48. The summed E-state index contributed by atoms with van der Waals surface area (Å²) in [6.45, 7) is 18.8. The van der Waals surface area contributed by atoms with Crippen molar-refractivity contribution in [3.63, 3.8) is 0 Å². The van der Waals surface area contributed by atoms with Crippen LogP contribution >= 0.6 is 0 Å². The lowest BCUT2D eigenvalue weighted by molar-refractivity contribution is -0.0637. The van der Waals surface area contributed by atoms with Gasteiger partial charge in [0.2, 0.25) is 0 Å². The highest BCUT2D eigenvalue weighted by molar-refractivity contribution is 4.99. The third kappa shape index (κ3) is 3.46. The number of hydrogen-bond acceptors (Lipinski definition) is 3. The van der Waals surface area contributed by atoms with Crippen molar-refractivity contribution >= 4 is 0 Å². The van der Waals surface area contributed by atoms with E-state index in [9.17, 15) is 0 Å². The van der Waals surface area contributed by atoms with Gasteiger partial charge in [-0.05, 0) is 77.9 Å². The van der Waals surface area contributed by atoms with E-state index in [-0.39, 0.29) is 0 Å². The third-order valence-corrected chi connectivity index (χ3v) is 6.29. The molecule has 0 bridgehead atoms. The van der Waals surface area contributed by atoms with E-state index < -0.39 is 0 Å². The monoisotopic (exact) mass is 293 g/mol. The summed E-state index contributed by atoms with van der Waals surface area (Å²) in [7, 11) is 0. The fraction of sp³-hybridized carbons (Fsp3) is 1.00. The molecule has 3 aliphatic heterocycles. The highest BCUT2D eigenvalue weighted by Crippen LogP contribution is 2.41. The van der Waals surface area contributed by atoms with Crippen molar-refractivity contribution in [3.8, 4) is 0 Å². The summed E-state index contributed by atoms with van der Waals surface area (Å²) < 4.78 is 0. The molecule has 0 aliphatic carbocycles. The Hall–Kier alpha value is -0.120. The maximum absolute atomic E-state index is 2.76. The molecule has 3 heteroatoms. The van der Waals surface area contributed by atoms with Crippen molar-refractivity contribution in [2.24, 2.45) is 11.3 Å². The Kier molecular flexibility index (Phi) is 4.63. The maximum Gasteiger partial charge on any atom is 0.00541 e. The Morgan fingerprint density at radius 2 is 1.52 bits per heavy atom. The lowest BCUT2D eigenvalue weighted by Gasteiger charge is -2.55. The largest absolute Gasteiger partial charge is 0.303 e. The van der Waals surface area contributed by atoms with Gasteiger partial charge in [0.25, 0.3) is 0 Å². The molecule has 3 heterocycles. The van der Waals surface area contributed by atoms with E-state index in [2.05, 4.69) is 42.4 Å². The quantitative estimate of drug-likeness (QED) is 0.788. The van der Waals surface area contributed by atoms with E-state index in [1.165, 1.54) is 65.1 Å². The molecule has 0 N–H and O–H groups in total. The van der Waals surface area contributed by atoms with Gasteiger partial charge in [0.05, 0.1) is 0 Å². The van der Waals surface area contributed by atoms with Crippen molar-refractivity contribution in [1.82, 2.24) is 14.7 Å². The summed E-state index contributed by atoms with van der Waals surface area (Å²) >= 11 is 0. The molecule has 3 nitrogen and oxygen atoms in total. The summed E-state index contributed by atoms with van der Waals surface area (Å²) in [6.07, 6.45) is 4.30. The number of likely N-dealkylation sites (tertiary alicyclic amines) is 3. The van der Waals surface area contributed by atoms with Crippen molar-refractivity contribution in [3.05, 3.63) is 0 Å². The number of piperidine rings is 1. The van der Waals surface area contributed by atoms with Crippen LogP contribution < -0.4 is 0 Å². The molecule has 3 saturated heterocycles. The van der Waals surface area contributed by atoms with Gasteiger partial charge in [-0.1, -0.05) is 0 Å². The van der Waals surface area contributed by atoms with Crippen molar-refractivity contribution < 1.29 is 0 Å². The molecule has 3 rings (SSSR count). The molecule has 0 radical (unpaired) electrons. The van der Waals surface area contributed by atoms with Gasteiger partial charge in [-0.2, -0.15) is 0 Å². The highest BCUT2D eigenvalue weighted by Gasteiger charge is 2.45. The fourth-order valence-electron chi connectivity index (χ4n) is 4.55. The van der Waals surface area contributed by atoms with E-state index in [0.29, 0.717) is 5.41 Å². The Morgan fingerprint density at radius 1 is 0.905 bits per heavy atom. The minimum absolute atomic E-state index is 0.695. The second-order valence-electron chi connectivity index (χ2n) is 8.54. The van der Waals surface area contributed by atoms with Gasteiger partial charge in [0.1, 0.15) is 0 Å². The maximum atomic E-state index is 2.76. The molecule has 1 unspecified atom stereocenters. The summed E-state index contributed by atoms with van der Waals surface area (Å²) in [5.74, 6) is 0.926. The second kappa shape index (κ2) is 6.17. The minimum Gasteiger partial charge on any atom is -0.303 e. The molecule has 0 saturated carbocycles. The first kappa shape index (κ1) is 15.8. The first-order valence-corrected chi connectivity index (χ1v) is 9.18. The van der Waals surface area contributed by atoms with Crippen molar-refractivity contribution in [2.75, 3.05) is 45.8 Å². The molecule has 1 spiro atoms. The van der Waals surface area contributed by atoms with Crippen LogP contribution in [0.25, 0.3) is 0 Å². The van der Waals surface area contributed by atoms with Crippen LogP contribution in [0.5, 0.6) is 0 Å². The lowest BCUT2D eigenvalue weighted by Crippen LogP contribution is -2.62. The molecule has 3 aliphatic rings. The molecule has 0 aromatic carbocycles. The normalized spacial score (nSPS) is 31.4. The molecular formula is C18H35N3. The highest BCUT2D eigenvalue weighted by atomic mass is 15.2. The standard InChI is InChI=1S/C18H35N3/c1-15(2)20-8-5-17(12-20)11-19-9-6-18(7-10-19)13-21(14-18)16(3)4/h15-17H,5-14H2,1-4H3. The number of hydrogen-bond donors (Lipinski definition) is 0. The Bertz CT molecular complexity index is 336. The lowest BCUT2D eigenvalue weighted by atomic mass is 9.71. The van der Waals surface area contributed by atoms with Crippen LogP contribution in [0.3, 0.4) is 0 Å². The minimum atomic E-state index is 0.695. The van der Waals surface area contributed by atoms with Crippen LogP contribution in [-0.4, -0.2) is 72.6 Å². The number of rotatable bonds is 4. The second-order valence-corrected chi connectivity index (χ2v) is 8.54. The van der Waals surface area contributed by atoms with Crippen LogP contribution in [0.4, 0.5) is 0 Å². The Morgan fingerprint density at radius 3 is 2.05 bits per heavy atom. The van der Waals surface area contributed by atoms with Crippen LogP contribution in [0.15, 0.2) is 0 Å². The van der Waals surface area contributed by atoms with E-state index in [1.807, 2.05) is 0 Å². The fourth-order valence-corrected chi connectivity index (χ4v) is 4.55. The first-order valence-electron chi connectivity index (χ1n) is 9.18. The van der Waals surface area contributed by atoms with Crippen LogP contribution in [0.2, 0.25) is 0 Å². The summed E-state index contributed by atoms with van der Waals surface area (Å²) in [5, 5.41) is 0. The zero-order chi connectivity index (χ0) is 15.0. The molecule has 21 heavy (non-hydrogen) atoms. The Labute approximate surface area is 131 Å². The Balaban J connectivity index is 1.39. The SMILES string of the molecule is CC(C)N1CCC(CN2CCC3(CC2)CN(C(C)C)C3)C1. The van der Waals surface area contributed by atoms with Gasteiger partial charge in [-0.15, -0.1) is 0 Å². The van der Waals surface area contributed by atoms with E-state index in [1.54, 1.807) is 0 Å². The van der Waals surface area contributed by atoms with Crippen LogP contribution in [0, 0.1) is 11.3 Å². The van der Waals surface area contributed by atoms with Crippen LogP contribution in [-0.2, 0) is 0 Å². The zero-order valence-corrected chi connectivity index (χ0v) is 14.6. The van der Waals surface area contributed by atoms with Gasteiger partial charge in [-0.25, -0.2) is 0 Å². The first-order chi connectivity index (χ1) is 9.97. The van der Waals surface area contributed by atoms with Gasteiger partial charge >= 0.3 is 0 Å². The molecule has 1 atom stereocenters. The average molecular weight is 293 g/mol. The van der Waals surface area contributed by atoms with Gasteiger partial charge in [0.15, 0.2) is 0 Å². The summed E-state index contributed by atoms with van der Waals surface area (Å²) in [5.41, 5.74) is 0.695. The number of nitrogens with zero attached hydrogens (tertiary/aromatic N) is 3. The molecule has 0 aromatic rings. The van der Waals surface area contributed by atoms with Gasteiger partial charge in [0, 0.05) is 38.3 Å². The molecular weight excluding hydrogens is 258 g/mol.